The van der Waals surface area contributed by atoms with Crippen molar-refractivity contribution in [3.63, 3.8) is 0 Å². The molecule has 172 valence electrons. The van der Waals surface area contributed by atoms with E-state index in [1.807, 2.05) is 0 Å². The zero-order chi connectivity index (χ0) is 20.8. The van der Waals surface area contributed by atoms with Gasteiger partial charge in [-0.15, -0.1) is 0 Å². The molecule has 0 aliphatic carbocycles. The van der Waals surface area contributed by atoms with E-state index in [1.165, 1.54) is 135 Å². The Bertz CT molecular complexity index is 354. The standard InChI is InChI=1S/C27H53NO/c1-2-3-4-5-6-7-8-9-10-11-12-13-14-15-16-17-18-19-20-21-22-25-28-26-23-24-27(28)29/h2-26H2,1H3. The summed E-state index contributed by atoms with van der Waals surface area (Å²) < 4.78 is 0. The van der Waals surface area contributed by atoms with Crippen molar-refractivity contribution in [1.82, 2.24) is 4.90 Å². The molecule has 1 heterocycles. The predicted molar refractivity (Wildman–Crippen MR) is 128 cm³/mol. The topological polar surface area (TPSA) is 20.3 Å². The highest BCUT2D eigenvalue weighted by Gasteiger charge is 2.18. The van der Waals surface area contributed by atoms with Crippen LogP contribution in [0, 0.1) is 0 Å². The SMILES string of the molecule is CCCCCCCCCCCCCCCCCCCCCCCN1CCCC1=O. The maximum atomic E-state index is 11.5. The number of likely N-dealkylation sites (tertiary alicyclic amines) is 1. The zero-order valence-electron chi connectivity index (χ0n) is 20.0. The van der Waals surface area contributed by atoms with Crippen LogP contribution in [0.25, 0.3) is 0 Å². The van der Waals surface area contributed by atoms with Crippen LogP contribution in [0.3, 0.4) is 0 Å². The van der Waals surface area contributed by atoms with E-state index in [0.717, 1.165) is 25.9 Å². The van der Waals surface area contributed by atoms with Crippen LogP contribution in [0.1, 0.15) is 155 Å². The molecule has 0 aromatic rings. The zero-order valence-corrected chi connectivity index (χ0v) is 20.0. The van der Waals surface area contributed by atoms with Crippen molar-refractivity contribution in [2.45, 2.75) is 155 Å². The van der Waals surface area contributed by atoms with Crippen molar-refractivity contribution in [1.29, 1.82) is 0 Å². The van der Waals surface area contributed by atoms with Crippen LogP contribution in [0.4, 0.5) is 0 Å². The fourth-order valence-corrected chi connectivity index (χ4v) is 4.68. The predicted octanol–water partition coefficient (Wildman–Crippen LogP) is 8.82. The van der Waals surface area contributed by atoms with E-state index < -0.39 is 0 Å². The van der Waals surface area contributed by atoms with Gasteiger partial charge in [0, 0.05) is 19.5 Å². The van der Waals surface area contributed by atoms with Crippen LogP contribution < -0.4 is 0 Å². The average Bonchev–Trinajstić information content (AvgIpc) is 3.14. The number of hydrogen-bond acceptors (Lipinski definition) is 1. The highest BCUT2D eigenvalue weighted by atomic mass is 16.2. The lowest BCUT2D eigenvalue weighted by atomic mass is 10.0. The molecule has 1 saturated heterocycles. The van der Waals surface area contributed by atoms with E-state index >= 15 is 0 Å². The van der Waals surface area contributed by atoms with E-state index in [2.05, 4.69) is 11.8 Å². The number of amides is 1. The lowest BCUT2D eigenvalue weighted by molar-refractivity contribution is -0.127. The van der Waals surface area contributed by atoms with E-state index in [9.17, 15) is 4.79 Å². The molecule has 2 heteroatoms. The first-order valence-corrected chi connectivity index (χ1v) is 13.6. The Morgan fingerprint density at radius 3 is 1.21 bits per heavy atom. The first kappa shape index (κ1) is 26.5. The van der Waals surface area contributed by atoms with Crippen LogP contribution in [0.5, 0.6) is 0 Å². The maximum Gasteiger partial charge on any atom is 0.222 e. The molecule has 0 radical (unpaired) electrons. The van der Waals surface area contributed by atoms with Gasteiger partial charge in [0.1, 0.15) is 0 Å². The first-order chi connectivity index (χ1) is 14.3. The molecule has 0 atom stereocenters. The van der Waals surface area contributed by atoms with Gasteiger partial charge in [-0.05, 0) is 12.8 Å². The van der Waals surface area contributed by atoms with Gasteiger partial charge in [-0.1, -0.05) is 135 Å². The Balaban J connectivity index is 1.65. The summed E-state index contributed by atoms with van der Waals surface area (Å²) in [6.45, 7) is 4.32. The molecule has 0 spiro atoms. The molecule has 1 amide bonds. The van der Waals surface area contributed by atoms with Gasteiger partial charge < -0.3 is 4.90 Å². The van der Waals surface area contributed by atoms with Crippen molar-refractivity contribution in [2.75, 3.05) is 13.1 Å². The van der Waals surface area contributed by atoms with Crippen molar-refractivity contribution in [2.24, 2.45) is 0 Å². The lowest BCUT2D eigenvalue weighted by Crippen LogP contribution is -2.25. The van der Waals surface area contributed by atoms with Gasteiger partial charge >= 0.3 is 0 Å². The van der Waals surface area contributed by atoms with Gasteiger partial charge in [-0.3, -0.25) is 4.79 Å². The minimum Gasteiger partial charge on any atom is -0.343 e. The summed E-state index contributed by atoms with van der Waals surface area (Å²) in [4.78, 5) is 13.6. The average molecular weight is 408 g/mol. The van der Waals surface area contributed by atoms with Gasteiger partial charge in [0.2, 0.25) is 5.91 Å². The van der Waals surface area contributed by atoms with Crippen LogP contribution in [0.15, 0.2) is 0 Å². The first-order valence-electron chi connectivity index (χ1n) is 13.6. The van der Waals surface area contributed by atoms with Crippen molar-refractivity contribution in [3.05, 3.63) is 0 Å². The van der Waals surface area contributed by atoms with Crippen LogP contribution in [-0.4, -0.2) is 23.9 Å². The highest BCUT2D eigenvalue weighted by Crippen LogP contribution is 2.15. The molecular weight excluding hydrogens is 354 g/mol. The molecule has 29 heavy (non-hydrogen) atoms. The van der Waals surface area contributed by atoms with Crippen molar-refractivity contribution < 1.29 is 4.79 Å². The summed E-state index contributed by atoms with van der Waals surface area (Å²) in [5, 5.41) is 0. The summed E-state index contributed by atoms with van der Waals surface area (Å²) in [6, 6.07) is 0. The molecule has 0 unspecified atom stereocenters. The molecule has 0 bridgehead atoms. The second-order valence-corrected chi connectivity index (χ2v) is 9.56. The Morgan fingerprint density at radius 2 is 0.897 bits per heavy atom. The quantitative estimate of drug-likeness (QED) is 0.164. The molecule has 0 N–H and O–H groups in total. The summed E-state index contributed by atoms with van der Waals surface area (Å²) in [6.07, 6.45) is 31.9. The van der Waals surface area contributed by atoms with Gasteiger partial charge in [0.05, 0.1) is 0 Å². The molecule has 0 saturated carbocycles. The molecule has 0 aromatic carbocycles. The number of carbonyl (C=O) groups is 1. The van der Waals surface area contributed by atoms with Gasteiger partial charge in [-0.25, -0.2) is 0 Å². The number of hydrogen-bond donors (Lipinski definition) is 0. The minimum absolute atomic E-state index is 0.387. The molecule has 1 fully saturated rings. The smallest absolute Gasteiger partial charge is 0.222 e. The summed E-state index contributed by atoms with van der Waals surface area (Å²) in [5.74, 6) is 0.387. The fraction of sp³-hybridized carbons (Fsp3) is 0.963. The van der Waals surface area contributed by atoms with E-state index in [-0.39, 0.29) is 0 Å². The third kappa shape index (κ3) is 16.9. The number of unbranched alkanes of at least 4 members (excludes halogenated alkanes) is 20. The Kier molecular flexibility index (Phi) is 18.9. The molecule has 0 aromatic heterocycles. The van der Waals surface area contributed by atoms with Crippen LogP contribution >= 0.6 is 0 Å². The Morgan fingerprint density at radius 1 is 0.552 bits per heavy atom. The van der Waals surface area contributed by atoms with Crippen molar-refractivity contribution >= 4 is 5.91 Å². The maximum absolute atomic E-state index is 11.5. The van der Waals surface area contributed by atoms with E-state index in [4.69, 9.17) is 0 Å². The largest absolute Gasteiger partial charge is 0.343 e. The molecule has 1 aliphatic rings. The van der Waals surface area contributed by atoms with Gasteiger partial charge in [0.25, 0.3) is 0 Å². The molecule has 1 aliphatic heterocycles. The van der Waals surface area contributed by atoms with E-state index in [1.54, 1.807) is 0 Å². The summed E-state index contributed by atoms with van der Waals surface area (Å²) in [7, 11) is 0. The van der Waals surface area contributed by atoms with Crippen LogP contribution in [0.2, 0.25) is 0 Å². The monoisotopic (exact) mass is 407 g/mol. The fourth-order valence-electron chi connectivity index (χ4n) is 4.68. The number of nitrogens with zero attached hydrogens (tertiary/aromatic N) is 1. The van der Waals surface area contributed by atoms with E-state index in [0.29, 0.717) is 5.91 Å². The third-order valence-corrected chi connectivity index (χ3v) is 6.70. The third-order valence-electron chi connectivity index (χ3n) is 6.70. The molecule has 1 rings (SSSR count). The Labute approximate surface area is 183 Å². The molecular formula is C27H53NO. The second kappa shape index (κ2) is 20.7. The summed E-state index contributed by atoms with van der Waals surface area (Å²) >= 11 is 0. The number of rotatable bonds is 22. The van der Waals surface area contributed by atoms with Crippen LogP contribution in [-0.2, 0) is 4.79 Å². The van der Waals surface area contributed by atoms with Crippen molar-refractivity contribution in [3.8, 4) is 0 Å². The number of carbonyl (C=O) groups excluding carboxylic acids is 1. The highest BCUT2D eigenvalue weighted by molar-refractivity contribution is 5.77. The summed E-state index contributed by atoms with van der Waals surface area (Å²) in [5.41, 5.74) is 0. The van der Waals surface area contributed by atoms with Gasteiger partial charge in [0.15, 0.2) is 0 Å². The normalized spacial score (nSPS) is 14.2. The van der Waals surface area contributed by atoms with Gasteiger partial charge in [-0.2, -0.15) is 0 Å². The Hall–Kier alpha value is -0.530. The lowest BCUT2D eigenvalue weighted by Gasteiger charge is -2.14. The minimum atomic E-state index is 0.387. The molecule has 2 nitrogen and oxygen atoms in total. The second-order valence-electron chi connectivity index (χ2n) is 9.56.